The van der Waals surface area contributed by atoms with Crippen LogP contribution in [0.3, 0.4) is 0 Å². The van der Waals surface area contributed by atoms with Crippen molar-refractivity contribution in [1.82, 2.24) is 15.5 Å². The molecule has 1 aliphatic rings. The van der Waals surface area contributed by atoms with Crippen molar-refractivity contribution >= 4 is 11.8 Å². The third-order valence-electron chi connectivity index (χ3n) is 4.84. The van der Waals surface area contributed by atoms with Gasteiger partial charge in [0.05, 0.1) is 18.2 Å². The molecular weight excluding hydrogens is 364 g/mol. The van der Waals surface area contributed by atoms with Crippen molar-refractivity contribution in [1.29, 1.82) is 0 Å². The zero-order valence-corrected chi connectivity index (χ0v) is 15.5. The third-order valence-corrected chi connectivity index (χ3v) is 4.84. The minimum atomic E-state index is -0.962. The zero-order chi connectivity index (χ0) is 19.9. The van der Waals surface area contributed by atoms with Crippen LogP contribution in [-0.4, -0.2) is 42.9 Å². The summed E-state index contributed by atoms with van der Waals surface area (Å²) in [6.45, 7) is 2.10. The number of benzene rings is 2. The minimum absolute atomic E-state index is 0.0675. The Labute approximate surface area is 162 Å². The topological polar surface area (TPSA) is 61.4 Å². The van der Waals surface area contributed by atoms with Crippen molar-refractivity contribution in [3.63, 3.8) is 0 Å². The molecule has 28 heavy (non-hydrogen) atoms. The molecule has 1 unspecified atom stereocenters. The largest absolute Gasteiger partial charge is 0.353 e. The maximum atomic E-state index is 13.6. The van der Waals surface area contributed by atoms with Crippen molar-refractivity contribution in [3.05, 3.63) is 71.3 Å². The summed E-state index contributed by atoms with van der Waals surface area (Å²) in [5.74, 6) is -2.85. The summed E-state index contributed by atoms with van der Waals surface area (Å²) in [5.41, 5.74) is 0.829. The third kappa shape index (κ3) is 5.13. The Bertz CT molecular complexity index is 824. The highest BCUT2D eigenvalue weighted by molar-refractivity contribution is 5.96. The maximum Gasteiger partial charge on any atom is 0.254 e. The van der Waals surface area contributed by atoms with E-state index < -0.39 is 17.5 Å². The second kappa shape index (κ2) is 9.41. The van der Waals surface area contributed by atoms with E-state index in [9.17, 15) is 18.4 Å². The number of carbonyl (C=O) groups is 2. The number of likely N-dealkylation sites (tertiary alicyclic amines) is 1. The second-order valence-electron chi connectivity index (χ2n) is 6.78. The molecule has 0 aromatic heterocycles. The normalized spacial score (nSPS) is 15.2. The van der Waals surface area contributed by atoms with Crippen molar-refractivity contribution in [3.8, 4) is 0 Å². The molecule has 3 rings (SSSR count). The molecule has 0 bridgehead atoms. The van der Waals surface area contributed by atoms with Crippen molar-refractivity contribution < 1.29 is 18.4 Å². The van der Waals surface area contributed by atoms with Crippen LogP contribution in [0.1, 0.15) is 34.8 Å². The van der Waals surface area contributed by atoms with Crippen LogP contribution < -0.4 is 10.6 Å². The molecule has 7 heteroatoms. The van der Waals surface area contributed by atoms with E-state index in [4.69, 9.17) is 0 Å². The minimum Gasteiger partial charge on any atom is -0.353 e. The molecule has 0 radical (unpaired) electrons. The number of nitrogens with zero attached hydrogens (tertiary/aromatic N) is 1. The fourth-order valence-corrected chi connectivity index (χ4v) is 3.39. The quantitative estimate of drug-likeness (QED) is 0.768. The Balaban J connectivity index is 1.54. The van der Waals surface area contributed by atoms with Crippen LogP contribution in [0.15, 0.2) is 48.5 Å². The Hall–Kier alpha value is -2.80. The lowest BCUT2D eigenvalue weighted by Crippen LogP contribution is -2.41. The highest BCUT2D eigenvalue weighted by Crippen LogP contribution is 2.24. The number of rotatable bonds is 7. The Morgan fingerprint density at radius 2 is 1.71 bits per heavy atom. The highest BCUT2D eigenvalue weighted by atomic mass is 19.1. The van der Waals surface area contributed by atoms with Crippen molar-refractivity contribution in [2.45, 2.75) is 18.9 Å². The summed E-state index contributed by atoms with van der Waals surface area (Å²) in [6.07, 6.45) is 2.27. The summed E-state index contributed by atoms with van der Waals surface area (Å²) < 4.78 is 26.6. The van der Waals surface area contributed by atoms with Crippen molar-refractivity contribution in [2.24, 2.45) is 0 Å². The molecule has 1 atom stereocenters. The number of nitrogens with one attached hydrogen (secondary N) is 2. The van der Waals surface area contributed by atoms with Crippen LogP contribution in [0.25, 0.3) is 0 Å². The lowest BCUT2D eigenvalue weighted by molar-refractivity contribution is -0.120. The van der Waals surface area contributed by atoms with Crippen LogP contribution in [-0.2, 0) is 4.79 Å². The van der Waals surface area contributed by atoms with E-state index in [-0.39, 0.29) is 24.1 Å². The fraction of sp³-hybridized carbons (Fsp3) is 0.333. The van der Waals surface area contributed by atoms with Gasteiger partial charge in [-0.05, 0) is 43.6 Å². The lowest BCUT2D eigenvalue weighted by atomic mass is 10.1. The van der Waals surface area contributed by atoms with Gasteiger partial charge in [-0.25, -0.2) is 8.78 Å². The monoisotopic (exact) mass is 387 g/mol. The molecule has 1 fully saturated rings. The van der Waals surface area contributed by atoms with Gasteiger partial charge in [0, 0.05) is 12.6 Å². The van der Waals surface area contributed by atoms with E-state index in [1.54, 1.807) is 0 Å². The molecule has 5 nitrogen and oxygen atoms in total. The van der Waals surface area contributed by atoms with Crippen LogP contribution in [0.5, 0.6) is 0 Å². The number of amides is 2. The smallest absolute Gasteiger partial charge is 0.254 e. The Morgan fingerprint density at radius 1 is 1.00 bits per heavy atom. The number of hydrogen-bond acceptors (Lipinski definition) is 3. The molecule has 1 heterocycles. The summed E-state index contributed by atoms with van der Waals surface area (Å²) in [5, 5.41) is 5.20. The fourth-order valence-electron chi connectivity index (χ4n) is 3.39. The van der Waals surface area contributed by atoms with Gasteiger partial charge in [-0.1, -0.05) is 30.3 Å². The summed E-state index contributed by atoms with van der Waals surface area (Å²) in [7, 11) is 0. The molecule has 0 spiro atoms. The van der Waals surface area contributed by atoms with Gasteiger partial charge in [0.2, 0.25) is 5.91 Å². The lowest BCUT2D eigenvalue weighted by Gasteiger charge is -2.28. The standard InChI is InChI=1S/C21H23F2N3O2/c22-16-8-9-17(18(23)12-16)21(28)25-14-20(27)24-13-19(26-10-4-5-11-26)15-6-2-1-3-7-15/h1-3,6-9,12,19H,4-5,10-11,13-14H2,(H,24,27)(H,25,28). The zero-order valence-electron chi connectivity index (χ0n) is 15.5. The highest BCUT2D eigenvalue weighted by Gasteiger charge is 2.24. The van der Waals surface area contributed by atoms with Gasteiger partial charge >= 0.3 is 0 Å². The molecular formula is C21H23F2N3O2. The first-order chi connectivity index (χ1) is 13.5. The molecule has 2 N–H and O–H groups in total. The summed E-state index contributed by atoms with van der Waals surface area (Å²) in [4.78, 5) is 26.5. The molecule has 1 aliphatic heterocycles. The average molecular weight is 387 g/mol. The van der Waals surface area contributed by atoms with Crippen molar-refractivity contribution in [2.75, 3.05) is 26.2 Å². The Morgan fingerprint density at radius 3 is 2.39 bits per heavy atom. The summed E-state index contributed by atoms with van der Waals surface area (Å²) >= 11 is 0. The first-order valence-corrected chi connectivity index (χ1v) is 9.33. The SMILES string of the molecule is O=C(CNC(=O)c1ccc(F)cc1F)NCC(c1ccccc1)N1CCCC1. The van der Waals surface area contributed by atoms with Gasteiger partial charge in [-0.3, -0.25) is 14.5 Å². The van der Waals surface area contributed by atoms with Gasteiger partial charge in [0.1, 0.15) is 11.6 Å². The summed E-state index contributed by atoms with van der Waals surface area (Å²) in [6, 6.07) is 12.7. The predicted octanol–water partition coefficient (Wildman–Crippen LogP) is 2.65. The second-order valence-corrected chi connectivity index (χ2v) is 6.78. The maximum absolute atomic E-state index is 13.6. The number of halogens is 2. The number of hydrogen-bond donors (Lipinski definition) is 2. The molecule has 2 aromatic rings. The van der Waals surface area contributed by atoms with Gasteiger partial charge in [0.25, 0.3) is 5.91 Å². The van der Waals surface area contributed by atoms with Crippen LogP contribution >= 0.6 is 0 Å². The molecule has 0 saturated carbocycles. The molecule has 0 aliphatic carbocycles. The van der Waals surface area contributed by atoms with Gasteiger partial charge in [0.15, 0.2) is 0 Å². The van der Waals surface area contributed by atoms with E-state index in [1.807, 2.05) is 30.3 Å². The first-order valence-electron chi connectivity index (χ1n) is 9.33. The number of carbonyl (C=O) groups excluding carboxylic acids is 2. The van der Waals surface area contributed by atoms with E-state index in [1.165, 1.54) is 0 Å². The van der Waals surface area contributed by atoms with Crippen LogP contribution in [0.2, 0.25) is 0 Å². The predicted molar refractivity (Wildman–Crippen MR) is 102 cm³/mol. The van der Waals surface area contributed by atoms with Crippen LogP contribution in [0.4, 0.5) is 8.78 Å². The van der Waals surface area contributed by atoms with E-state index in [0.717, 1.165) is 43.6 Å². The molecule has 2 aromatic carbocycles. The molecule has 148 valence electrons. The Kier molecular flexibility index (Phi) is 6.71. The molecule has 2 amide bonds. The first kappa shape index (κ1) is 19.9. The molecule has 1 saturated heterocycles. The van der Waals surface area contributed by atoms with Gasteiger partial charge in [-0.15, -0.1) is 0 Å². The van der Waals surface area contributed by atoms with E-state index in [0.29, 0.717) is 12.6 Å². The van der Waals surface area contributed by atoms with Crippen LogP contribution in [0, 0.1) is 11.6 Å². The van der Waals surface area contributed by atoms with Gasteiger partial charge in [-0.2, -0.15) is 0 Å². The van der Waals surface area contributed by atoms with E-state index >= 15 is 0 Å². The average Bonchev–Trinajstić information content (AvgIpc) is 3.21. The van der Waals surface area contributed by atoms with E-state index in [2.05, 4.69) is 15.5 Å². The van der Waals surface area contributed by atoms with Gasteiger partial charge < -0.3 is 10.6 Å².